The van der Waals surface area contributed by atoms with Crippen LogP contribution in [0, 0.1) is 0 Å². The van der Waals surface area contributed by atoms with E-state index in [0.717, 1.165) is 29.4 Å². The highest BCUT2D eigenvalue weighted by atomic mass is 16.3. The number of aliphatic hydroxyl groups is 1. The Labute approximate surface area is 124 Å². The summed E-state index contributed by atoms with van der Waals surface area (Å²) in [6.07, 6.45) is 2.04. The van der Waals surface area contributed by atoms with Crippen LogP contribution in [0.15, 0.2) is 60.7 Å². The molecule has 0 unspecified atom stereocenters. The van der Waals surface area contributed by atoms with Gasteiger partial charge < -0.3 is 5.11 Å². The van der Waals surface area contributed by atoms with E-state index in [1.54, 1.807) is 0 Å². The lowest BCUT2D eigenvalue weighted by molar-refractivity contribution is 0.0509. The first-order chi connectivity index (χ1) is 10.2. The number of aromatic nitrogens is 1. The van der Waals surface area contributed by atoms with Crippen molar-refractivity contribution in [2.24, 2.45) is 0 Å². The van der Waals surface area contributed by atoms with Gasteiger partial charge in [-0.25, -0.2) is 0 Å². The third-order valence-corrected chi connectivity index (χ3v) is 4.32. The number of hydrogen-bond acceptors (Lipinski definition) is 2. The fourth-order valence-electron chi connectivity index (χ4n) is 3.34. The minimum Gasteiger partial charge on any atom is -0.389 e. The number of nitrogens with zero attached hydrogens (tertiary/aromatic N) is 1. The van der Waals surface area contributed by atoms with Crippen molar-refractivity contribution in [2.45, 2.75) is 24.9 Å². The number of fused-ring (bicyclic) bond motifs is 2. The Morgan fingerprint density at radius 2 is 1.52 bits per heavy atom. The van der Waals surface area contributed by atoms with E-state index < -0.39 is 5.60 Å². The van der Waals surface area contributed by atoms with Gasteiger partial charge in [0.05, 0.1) is 11.1 Å². The summed E-state index contributed by atoms with van der Waals surface area (Å²) in [5.74, 6) is 0. The lowest BCUT2D eigenvalue weighted by Gasteiger charge is -2.21. The van der Waals surface area contributed by atoms with E-state index in [1.807, 2.05) is 36.4 Å². The van der Waals surface area contributed by atoms with Gasteiger partial charge in [-0.2, -0.15) is 0 Å². The Kier molecular flexibility index (Phi) is 2.79. The Hall–Kier alpha value is -2.19. The topological polar surface area (TPSA) is 33.1 Å². The number of rotatable bonds is 2. The molecule has 1 heterocycles. The first kappa shape index (κ1) is 12.5. The average molecular weight is 275 g/mol. The minimum absolute atomic E-state index is 0.604. The Morgan fingerprint density at radius 3 is 2.29 bits per heavy atom. The van der Waals surface area contributed by atoms with Gasteiger partial charge in [0.25, 0.3) is 0 Å². The fraction of sp³-hybridized carbons (Fsp3) is 0.211. The predicted molar refractivity (Wildman–Crippen MR) is 84.2 cm³/mol. The van der Waals surface area contributed by atoms with Crippen LogP contribution in [0.4, 0.5) is 0 Å². The predicted octanol–water partition coefficient (Wildman–Crippen LogP) is 3.31. The minimum atomic E-state index is -0.695. The highest BCUT2D eigenvalue weighted by Gasteiger charge is 2.35. The molecule has 0 atom stereocenters. The summed E-state index contributed by atoms with van der Waals surface area (Å²) in [5, 5.41) is 12.0. The molecule has 0 aliphatic heterocycles. The molecule has 2 aromatic carbocycles. The van der Waals surface area contributed by atoms with Gasteiger partial charge in [-0.3, -0.25) is 4.98 Å². The number of hydrogen-bond donors (Lipinski definition) is 1. The summed E-state index contributed by atoms with van der Waals surface area (Å²) in [7, 11) is 0. The average Bonchev–Trinajstić information content (AvgIpc) is 2.82. The molecule has 1 aliphatic rings. The molecule has 0 fully saturated rings. The second-order valence-corrected chi connectivity index (χ2v) is 6.02. The summed E-state index contributed by atoms with van der Waals surface area (Å²) in [4.78, 5) is 4.69. The van der Waals surface area contributed by atoms with E-state index in [1.165, 1.54) is 11.1 Å². The molecule has 0 amide bonds. The molecule has 0 saturated heterocycles. The Balaban J connectivity index is 1.63. The SMILES string of the molecule is OC1(Cc2ccc3ccccc3n2)Cc2ccccc2C1. The Bertz CT molecular complexity index is 784. The van der Waals surface area contributed by atoms with Gasteiger partial charge in [0.15, 0.2) is 0 Å². The molecule has 0 bridgehead atoms. The van der Waals surface area contributed by atoms with Crippen LogP contribution in [0.5, 0.6) is 0 Å². The maximum Gasteiger partial charge on any atom is 0.0783 e. The molecule has 1 aromatic heterocycles. The van der Waals surface area contributed by atoms with Gasteiger partial charge in [-0.1, -0.05) is 48.5 Å². The van der Waals surface area contributed by atoms with Crippen LogP contribution in [0.3, 0.4) is 0 Å². The van der Waals surface area contributed by atoms with E-state index in [2.05, 4.69) is 29.2 Å². The summed E-state index contributed by atoms with van der Waals surface area (Å²) in [6, 6.07) is 20.5. The molecule has 1 N–H and O–H groups in total. The zero-order valence-corrected chi connectivity index (χ0v) is 11.8. The van der Waals surface area contributed by atoms with Crippen molar-refractivity contribution >= 4 is 10.9 Å². The smallest absolute Gasteiger partial charge is 0.0783 e. The fourth-order valence-corrected chi connectivity index (χ4v) is 3.34. The van der Waals surface area contributed by atoms with E-state index in [0.29, 0.717) is 6.42 Å². The maximum absolute atomic E-state index is 10.9. The van der Waals surface area contributed by atoms with Crippen LogP contribution in [-0.2, 0) is 19.3 Å². The van der Waals surface area contributed by atoms with Crippen LogP contribution < -0.4 is 0 Å². The van der Waals surface area contributed by atoms with Crippen molar-refractivity contribution in [3.8, 4) is 0 Å². The summed E-state index contributed by atoms with van der Waals surface area (Å²) >= 11 is 0. The van der Waals surface area contributed by atoms with Gasteiger partial charge in [0.2, 0.25) is 0 Å². The second kappa shape index (κ2) is 4.68. The largest absolute Gasteiger partial charge is 0.389 e. The van der Waals surface area contributed by atoms with E-state index in [9.17, 15) is 5.11 Å². The first-order valence-corrected chi connectivity index (χ1v) is 7.36. The number of benzene rings is 2. The molecule has 0 spiro atoms. The van der Waals surface area contributed by atoms with E-state index in [4.69, 9.17) is 0 Å². The lowest BCUT2D eigenvalue weighted by atomic mass is 9.94. The van der Waals surface area contributed by atoms with Crippen molar-refractivity contribution < 1.29 is 5.11 Å². The third kappa shape index (κ3) is 2.32. The van der Waals surface area contributed by atoms with Crippen LogP contribution in [0.1, 0.15) is 16.8 Å². The van der Waals surface area contributed by atoms with Crippen molar-refractivity contribution in [3.05, 3.63) is 77.5 Å². The van der Waals surface area contributed by atoms with Crippen LogP contribution in [-0.4, -0.2) is 15.7 Å². The first-order valence-electron chi connectivity index (χ1n) is 7.36. The zero-order valence-electron chi connectivity index (χ0n) is 11.8. The van der Waals surface area contributed by atoms with Crippen LogP contribution in [0.2, 0.25) is 0 Å². The van der Waals surface area contributed by atoms with Gasteiger partial charge in [-0.05, 0) is 23.3 Å². The normalized spacial score (nSPS) is 16.0. The van der Waals surface area contributed by atoms with Gasteiger partial charge in [0, 0.05) is 30.3 Å². The summed E-state index contributed by atoms with van der Waals surface area (Å²) in [5.41, 5.74) is 3.79. The van der Waals surface area contributed by atoms with Gasteiger partial charge >= 0.3 is 0 Å². The summed E-state index contributed by atoms with van der Waals surface area (Å²) in [6.45, 7) is 0. The molecule has 1 aliphatic carbocycles. The molecule has 3 aromatic rings. The maximum atomic E-state index is 10.9. The molecular weight excluding hydrogens is 258 g/mol. The van der Waals surface area contributed by atoms with Crippen LogP contribution >= 0.6 is 0 Å². The Morgan fingerprint density at radius 1 is 0.857 bits per heavy atom. The van der Waals surface area contributed by atoms with Gasteiger partial charge in [0.1, 0.15) is 0 Å². The third-order valence-electron chi connectivity index (χ3n) is 4.32. The molecule has 2 heteroatoms. The highest BCUT2D eigenvalue weighted by molar-refractivity contribution is 5.78. The highest BCUT2D eigenvalue weighted by Crippen LogP contribution is 2.32. The second-order valence-electron chi connectivity index (χ2n) is 6.02. The van der Waals surface area contributed by atoms with E-state index >= 15 is 0 Å². The zero-order chi connectivity index (χ0) is 14.3. The molecule has 21 heavy (non-hydrogen) atoms. The molecule has 4 rings (SSSR count). The lowest BCUT2D eigenvalue weighted by Crippen LogP contribution is -2.32. The van der Waals surface area contributed by atoms with Crippen molar-refractivity contribution in [3.63, 3.8) is 0 Å². The molecule has 0 saturated carbocycles. The van der Waals surface area contributed by atoms with Crippen molar-refractivity contribution in [1.82, 2.24) is 4.98 Å². The summed E-state index contributed by atoms with van der Waals surface area (Å²) < 4.78 is 0. The molecule has 104 valence electrons. The quantitative estimate of drug-likeness (QED) is 0.778. The molecule has 2 nitrogen and oxygen atoms in total. The number of para-hydroxylation sites is 1. The van der Waals surface area contributed by atoms with Crippen molar-refractivity contribution in [1.29, 1.82) is 0 Å². The number of pyridine rings is 1. The van der Waals surface area contributed by atoms with Gasteiger partial charge in [-0.15, -0.1) is 0 Å². The standard InChI is InChI=1S/C19H17NO/c21-19(11-15-6-1-2-7-16(15)12-19)13-17-10-9-14-5-3-4-8-18(14)20-17/h1-10,21H,11-13H2. The van der Waals surface area contributed by atoms with Crippen molar-refractivity contribution in [2.75, 3.05) is 0 Å². The van der Waals surface area contributed by atoms with E-state index in [-0.39, 0.29) is 0 Å². The monoisotopic (exact) mass is 275 g/mol. The molecular formula is C19H17NO. The molecule has 0 radical (unpaired) electrons. The van der Waals surface area contributed by atoms with Crippen LogP contribution in [0.25, 0.3) is 10.9 Å².